The number of benzene rings is 1. The van der Waals surface area contributed by atoms with Gasteiger partial charge < -0.3 is 14.8 Å². The van der Waals surface area contributed by atoms with Crippen molar-refractivity contribution in [2.45, 2.75) is 19.4 Å². The van der Waals surface area contributed by atoms with E-state index in [0.717, 1.165) is 43.9 Å². The summed E-state index contributed by atoms with van der Waals surface area (Å²) in [6.07, 6.45) is 11.3. The molecule has 1 aliphatic rings. The molecule has 0 spiro atoms. The maximum absolute atomic E-state index is 12.8. The summed E-state index contributed by atoms with van der Waals surface area (Å²) in [5.41, 5.74) is 1.62. The van der Waals surface area contributed by atoms with Crippen LogP contribution in [0.4, 0.5) is 10.5 Å². The Balaban J connectivity index is 1.43. The molecule has 1 fully saturated rings. The lowest BCUT2D eigenvalue weighted by molar-refractivity contribution is 0.170. The second-order valence-electron chi connectivity index (χ2n) is 6.61. The first kappa shape index (κ1) is 16.4. The molecule has 0 bridgehead atoms. The number of hydrogen-bond acceptors (Lipinski definition) is 3. The fraction of sp³-hybridized carbons (Fsp3) is 0.316. The predicted molar refractivity (Wildman–Crippen MR) is 99.1 cm³/mol. The number of likely N-dealkylation sites (tertiary alicyclic amines) is 1. The van der Waals surface area contributed by atoms with Crippen molar-refractivity contribution in [3.05, 3.63) is 61.4 Å². The van der Waals surface area contributed by atoms with Crippen molar-refractivity contribution in [3.63, 3.8) is 0 Å². The quantitative estimate of drug-likeness (QED) is 0.786. The number of rotatable bonds is 4. The van der Waals surface area contributed by atoms with Gasteiger partial charge in [-0.1, -0.05) is 12.1 Å². The van der Waals surface area contributed by atoms with Gasteiger partial charge in [0.15, 0.2) is 0 Å². The molecular weight excluding hydrogens is 328 g/mol. The second kappa shape index (κ2) is 7.43. The normalized spacial score (nSPS) is 17.2. The Kier molecular flexibility index (Phi) is 4.68. The zero-order chi connectivity index (χ0) is 17.8. The van der Waals surface area contributed by atoms with Crippen LogP contribution in [0, 0.1) is 5.92 Å². The van der Waals surface area contributed by atoms with Crippen LogP contribution >= 0.6 is 0 Å². The molecule has 26 heavy (non-hydrogen) atoms. The van der Waals surface area contributed by atoms with E-state index in [2.05, 4.69) is 20.0 Å². The zero-order valence-electron chi connectivity index (χ0n) is 14.5. The van der Waals surface area contributed by atoms with E-state index >= 15 is 0 Å². The standard InChI is InChI=1S/C19H22N6O/c26-19(22-17-6-1-2-7-18(17)25-11-4-8-21-25)24-10-3-5-16(14-24)13-23-12-9-20-15-23/h1-2,4,6-9,11-12,15-16H,3,5,10,13-14H2,(H,22,26). The van der Waals surface area contributed by atoms with Gasteiger partial charge in [0.1, 0.15) is 0 Å². The van der Waals surface area contributed by atoms with Gasteiger partial charge in [-0.25, -0.2) is 14.5 Å². The molecule has 0 radical (unpaired) electrons. The Morgan fingerprint density at radius 3 is 2.92 bits per heavy atom. The van der Waals surface area contributed by atoms with E-state index in [1.54, 1.807) is 17.1 Å². The Labute approximate surface area is 152 Å². The van der Waals surface area contributed by atoms with Crippen molar-refractivity contribution in [2.24, 2.45) is 5.92 Å². The van der Waals surface area contributed by atoms with Gasteiger partial charge in [0.2, 0.25) is 0 Å². The van der Waals surface area contributed by atoms with Crippen LogP contribution < -0.4 is 5.32 Å². The number of imidazole rings is 1. The number of piperidine rings is 1. The summed E-state index contributed by atoms with van der Waals surface area (Å²) in [7, 11) is 0. The summed E-state index contributed by atoms with van der Waals surface area (Å²) < 4.78 is 3.84. The van der Waals surface area contributed by atoms with Crippen molar-refractivity contribution in [1.82, 2.24) is 24.2 Å². The van der Waals surface area contributed by atoms with E-state index in [0.29, 0.717) is 5.92 Å². The number of hydrogen-bond donors (Lipinski definition) is 1. The second-order valence-corrected chi connectivity index (χ2v) is 6.61. The van der Waals surface area contributed by atoms with Gasteiger partial charge in [0.05, 0.1) is 17.7 Å². The largest absolute Gasteiger partial charge is 0.337 e. The van der Waals surface area contributed by atoms with Crippen LogP contribution in [-0.2, 0) is 6.54 Å². The summed E-state index contributed by atoms with van der Waals surface area (Å²) in [4.78, 5) is 18.8. The lowest BCUT2D eigenvalue weighted by Gasteiger charge is -2.33. The van der Waals surface area contributed by atoms with E-state index in [9.17, 15) is 4.79 Å². The molecule has 2 amide bonds. The van der Waals surface area contributed by atoms with Crippen molar-refractivity contribution in [1.29, 1.82) is 0 Å². The van der Waals surface area contributed by atoms with E-state index in [1.165, 1.54) is 0 Å². The maximum Gasteiger partial charge on any atom is 0.321 e. The first-order valence-corrected chi connectivity index (χ1v) is 8.90. The van der Waals surface area contributed by atoms with E-state index < -0.39 is 0 Å². The number of carbonyl (C=O) groups excluding carboxylic acids is 1. The van der Waals surface area contributed by atoms with Crippen LogP contribution in [0.25, 0.3) is 5.69 Å². The van der Waals surface area contributed by atoms with E-state index in [1.807, 2.05) is 54.0 Å². The summed E-state index contributed by atoms with van der Waals surface area (Å²) in [5.74, 6) is 0.449. The molecule has 1 N–H and O–H groups in total. The Morgan fingerprint density at radius 2 is 2.12 bits per heavy atom. The van der Waals surface area contributed by atoms with Gasteiger partial charge >= 0.3 is 6.03 Å². The number of urea groups is 1. The molecule has 7 heteroatoms. The highest BCUT2D eigenvalue weighted by atomic mass is 16.2. The molecule has 2 aromatic heterocycles. The molecule has 7 nitrogen and oxygen atoms in total. The molecule has 3 aromatic rings. The summed E-state index contributed by atoms with van der Waals surface area (Å²) in [5, 5.41) is 7.32. The Morgan fingerprint density at radius 1 is 1.19 bits per heavy atom. The third-order valence-corrected chi connectivity index (χ3v) is 4.73. The molecular formula is C19H22N6O. The van der Waals surface area contributed by atoms with Gasteiger partial charge in [0, 0.05) is 44.4 Å². The molecule has 0 saturated carbocycles. The molecule has 134 valence electrons. The number of anilines is 1. The van der Waals surface area contributed by atoms with Gasteiger partial charge in [-0.3, -0.25) is 0 Å². The minimum atomic E-state index is -0.0556. The fourth-order valence-electron chi connectivity index (χ4n) is 3.48. The number of amides is 2. The maximum atomic E-state index is 12.8. The van der Waals surface area contributed by atoms with Crippen LogP contribution in [0.5, 0.6) is 0 Å². The van der Waals surface area contributed by atoms with E-state index in [4.69, 9.17) is 0 Å². The van der Waals surface area contributed by atoms with Crippen LogP contribution in [0.3, 0.4) is 0 Å². The van der Waals surface area contributed by atoms with Crippen molar-refractivity contribution in [3.8, 4) is 5.69 Å². The number of aromatic nitrogens is 4. The minimum absolute atomic E-state index is 0.0556. The smallest absolute Gasteiger partial charge is 0.321 e. The monoisotopic (exact) mass is 350 g/mol. The van der Waals surface area contributed by atoms with Crippen LogP contribution in [0.15, 0.2) is 61.4 Å². The summed E-state index contributed by atoms with van der Waals surface area (Å²) >= 11 is 0. The molecule has 1 atom stereocenters. The average Bonchev–Trinajstić information content (AvgIpc) is 3.36. The summed E-state index contributed by atoms with van der Waals surface area (Å²) in [6.45, 7) is 2.44. The molecule has 1 unspecified atom stereocenters. The van der Waals surface area contributed by atoms with Gasteiger partial charge in [-0.2, -0.15) is 5.10 Å². The minimum Gasteiger partial charge on any atom is -0.337 e. The molecule has 1 saturated heterocycles. The van der Waals surface area contributed by atoms with Crippen molar-refractivity contribution >= 4 is 11.7 Å². The van der Waals surface area contributed by atoms with Gasteiger partial charge in [-0.05, 0) is 37.0 Å². The highest BCUT2D eigenvalue weighted by Crippen LogP contribution is 2.22. The lowest BCUT2D eigenvalue weighted by atomic mass is 9.98. The molecule has 1 aliphatic heterocycles. The lowest BCUT2D eigenvalue weighted by Crippen LogP contribution is -2.43. The molecule has 3 heterocycles. The third-order valence-electron chi connectivity index (χ3n) is 4.73. The third kappa shape index (κ3) is 3.61. The van der Waals surface area contributed by atoms with Gasteiger partial charge in [0.25, 0.3) is 0 Å². The fourth-order valence-corrected chi connectivity index (χ4v) is 3.48. The first-order valence-electron chi connectivity index (χ1n) is 8.90. The highest BCUT2D eigenvalue weighted by Gasteiger charge is 2.24. The van der Waals surface area contributed by atoms with Crippen molar-refractivity contribution in [2.75, 3.05) is 18.4 Å². The van der Waals surface area contributed by atoms with Crippen LogP contribution in [0.1, 0.15) is 12.8 Å². The molecule has 0 aliphatic carbocycles. The topological polar surface area (TPSA) is 68.0 Å². The summed E-state index contributed by atoms with van der Waals surface area (Å²) in [6, 6.07) is 9.52. The van der Waals surface area contributed by atoms with Crippen molar-refractivity contribution < 1.29 is 4.79 Å². The van der Waals surface area contributed by atoms with Crippen LogP contribution in [0.2, 0.25) is 0 Å². The Bertz CT molecular complexity index is 843. The number of para-hydroxylation sites is 2. The van der Waals surface area contributed by atoms with Gasteiger partial charge in [-0.15, -0.1) is 0 Å². The van der Waals surface area contributed by atoms with E-state index in [-0.39, 0.29) is 6.03 Å². The Hall–Kier alpha value is -3.09. The average molecular weight is 350 g/mol. The molecule has 1 aromatic carbocycles. The number of nitrogens with zero attached hydrogens (tertiary/aromatic N) is 5. The first-order chi connectivity index (χ1) is 12.8. The highest BCUT2D eigenvalue weighted by molar-refractivity contribution is 5.91. The zero-order valence-corrected chi connectivity index (χ0v) is 14.5. The SMILES string of the molecule is O=C(Nc1ccccc1-n1cccn1)N1CCCC(Cn2ccnc2)C1. The van der Waals surface area contributed by atoms with Crippen LogP contribution in [-0.4, -0.2) is 43.4 Å². The number of nitrogens with one attached hydrogen (secondary N) is 1. The molecule has 4 rings (SSSR count). The predicted octanol–water partition coefficient (Wildman–Crippen LogP) is 3.01. The number of carbonyl (C=O) groups is 1.